The van der Waals surface area contributed by atoms with E-state index in [4.69, 9.17) is 17.0 Å². The van der Waals surface area contributed by atoms with Crippen molar-refractivity contribution in [3.63, 3.8) is 0 Å². The Morgan fingerprint density at radius 3 is 2.62 bits per heavy atom. The highest BCUT2D eigenvalue weighted by molar-refractivity contribution is 7.81. The lowest BCUT2D eigenvalue weighted by Crippen LogP contribution is -2.24. The molecule has 1 aromatic carbocycles. The Morgan fingerprint density at radius 1 is 1.31 bits per heavy atom. The first-order chi connectivity index (χ1) is 7.70. The maximum atomic E-state index is 5.48. The number of thiocarbonyl (C=S) groups is 1. The standard InChI is InChI=1S/C13H15NOS/c1-3-15-12-8-13(16)14(9-12)11-6-4-10(2)5-7-11/h4-8H,3,9H2,1-2H3. The molecule has 0 spiro atoms. The third-order valence-electron chi connectivity index (χ3n) is 2.54. The lowest BCUT2D eigenvalue weighted by Gasteiger charge is -2.18. The summed E-state index contributed by atoms with van der Waals surface area (Å²) >= 11 is 5.32. The van der Waals surface area contributed by atoms with Gasteiger partial charge in [0.15, 0.2) is 0 Å². The Morgan fingerprint density at radius 2 is 2.00 bits per heavy atom. The molecule has 84 valence electrons. The van der Waals surface area contributed by atoms with Crippen molar-refractivity contribution in [1.82, 2.24) is 0 Å². The molecule has 0 saturated heterocycles. The molecule has 0 N–H and O–H groups in total. The van der Waals surface area contributed by atoms with Gasteiger partial charge in [-0.3, -0.25) is 0 Å². The Balaban J connectivity index is 2.14. The van der Waals surface area contributed by atoms with Crippen LogP contribution >= 0.6 is 12.2 Å². The van der Waals surface area contributed by atoms with Crippen LogP contribution in [0, 0.1) is 6.92 Å². The number of benzene rings is 1. The van der Waals surface area contributed by atoms with Gasteiger partial charge in [0, 0.05) is 11.8 Å². The molecule has 1 aliphatic rings. The van der Waals surface area contributed by atoms with Crippen molar-refractivity contribution >= 4 is 22.9 Å². The van der Waals surface area contributed by atoms with Crippen LogP contribution in [0.1, 0.15) is 12.5 Å². The zero-order valence-corrected chi connectivity index (χ0v) is 10.4. The summed E-state index contributed by atoms with van der Waals surface area (Å²) in [4.78, 5) is 2.91. The van der Waals surface area contributed by atoms with Gasteiger partial charge in [0.1, 0.15) is 10.7 Å². The van der Waals surface area contributed by atoms with E-state index in [1.807, 2.05) is 13.0 Å². The van der Waals surface area contributed by atoms with Crippen LogP contribution in [0.4, 0.5) is 5.69 Å². The van der Waals surface area contributed by atoms with Crippen molar-refractivity contribution in [2.24, 2.45) is 0 Å². The normalized spacial score (nSPS) is 15.2. The van der Waals surface area contributed by atoms with Crippen LogP contribution in [0.15, 0.2) is 36.1 Å². The summed E-state index contributed by atoms with van der Waals surface area (Å²) in [5, 5.41) is 0. The molecule has 0 aliphatic carbocycles. The first-order valence-corrected chi connectivity index (χ1v) is 5.83. The van der Waals surface area contributed by atoms with Gasteiger partial charge in [-0.2, -0.15) is 0 Å². The smallest absolute Gasteiger partial charge is 0.119 e. The van der Waals surface area contributed by atoms with Gasteiger partial charge in [0.25, 0.3) is 0 Å². The lowest BCUT2D eigenvalue weighted by molar-refractivity contribution is 0.229. The summed E-state index contributed by atoms with van der Waals surface area (Å²) in [6.45, 7) is 5.50. The highest BCUT2D eigenvalue weighted by Crippen LogP contribution is 2.22. The fourth-order valence-electron chi connectivity index (χ4n) is 1.71. The zero-order valence-electron chi connectivity index (χ0n) is 9.56. The Bertz CT molecular complexity index is 422. The second-order valence-electron chi connectivity index (χ2n) is 3.80. The molecular formula is C13H15NOS. The largest absolute Gasteiger partial charge is 0.496 e. The highest BCUT2D eigenvalue weighted by Gasteiger charge is 2.20. The lowest BCUT2D eigenvalue weighted by atomic mass is 10.2. The monoisotopic (exact) mass is 233 g/mol. The van der Waals surface area contributed by atoms with E-state index in [2.05, 4.69) is 36.1 Å². The highest BCUT2D eigenvalue weighted by atomic mass is 32.1. The van der Waals surface area contributed by atoms with Crippen LogP contribution < -0.4 is 4.90 Å². The topological polar surface area (TPSA) is 12.5 Å². The first-order valence-electron chi connectivity index (χ1n) is 5.42. The number of hydrogen-bond acceptors (Lipinski definition) is 2. The second-order valence-corrected chi connectivity index (χ2v) is 4.22. The van der Waals surface area contributed by atoms with E-state index in [9.17, 15) is 0 Å². The molecule has 16 heavy (non-hydrogen) atoms. The van der Waals surface area contributed by atoms with Gasteiger partial charge < -0.3 is 9.64 Å². The summed E-state index contributed by atoms with van der Waals surface area (Å²) in [5.41, 5.74) is 2.38. The molecule has 0 bridgehead atoms. The number of hydrogen-bond donors (Lipinski definition) is 0. The Kier molecular flexibility index (Phi) is 3.25. The van der Waals surface area contributed by atoms with Gasteiger partial charge in [0.05, 0.1) is 13.2 Å². The van der Waals surface area contributed by atoms with E-state index in [-0.39, 0.29) is 0 Å². The molecule has 1 aromatic rings. The Hall–Kier alpha value is -1.35. The van der Waals surface area contributed by atoms with Crippen molar-refractivity contribution in [3.05, 3.63) is 41.7 Å². The molecule has 0 saturated carbocycles. The van der Waals surface area contributed by atoms with Crippen molar-refractivity contribution in [2.45, 2.75) is 13.8 Å². The van der Waals surface area contributed by atoms with E-state index in [0.717, 1.165) is 23.0 Å². The van der Waals surface area contributed by atoms with Gasteiger partial charge in [-0.1, -0.05) is 29.9 Å². The molecule has 0 radical (unpaired) electrons. The van der Waals surface area contributed by atoms with Gasteiger partial charge in [0.2, 0.25) is 0 Å². The number of nitrogens with zero attached hydrogens (tertiary/aromatic N) is 1. The van der Waals surface area contributed by atoms with E-state index in [0.29, 0.717) is 6.61 Å². The summed E-state index contributed by atoms with van der Waals surface area (Å²) < 4.78 is 5.48. The summed E-state index contributed by atoms with van der Waals surface area (Å²) in [5.74, 6) is 0.952. The van der Waals surface area contributed by atoms with Crippen LogP contribution in [-0.2, 0) is 4.74 Å². The Labute approximate surface area is 102 Å². The van der Waals surface area contributed by atoms with E-state index < -0.39 is 0 Å². The second kappa shape index (κ2) is 4.66. The SMILES string of the molecule is CCOC1=CC(=S)N(c2ccc(C)cc2)C1. The van der Waals surface area contributed by atoms with Crippen LogP contribution in [-0.4, -0.2) is 18.1 Å². The van der Waals surface area contributed by atoms with Crippen LogP contribution in [0.5, 0.6) is 0 Å². The van der Waals surface area contributed by atoms with Gasteiger partial charge >= 0.3 is 0 Å². The quantitative estimate of drug-likeness (QED) is 0.744. The van der Waals surface area contributed by atoms with Gasteiger partial charge in [-0.05, 0) is 26.0 Å². The fraction of sp³-hybridized carbons (Fsp3) is 0.308. The zero-order chi connectivity index (χ0) is 11.5. The predicted octanol–water partition coefficient (Wildman–Crippen LogP) is 3.06. The van der Waals surface area contributed by atoms with Gasteiger partial charge in [-0.25, -0.2) is 0 Å². The summed E-state index contributed by atoms with van der Waals surface area (Å²) in [7, 11) is 0. The molecule has 3 heteroatoms. The number of aryl methyl sites for hydroxylation is 1. The molecule has 0 atom stereocenters. The molecule has 0 amide bonds. The van der Waals surface area contributed by atoms with Crippen molar-refractivity contribution in [3.8, 4) is 0 Å². The number of rotatable bonds is 3. The number of anilines is 1. The molecule has 0 unspecified atom stereocenters. The fourth-order valence-corrected chi connectivity index (χ4v) is 2.01. The van der Waals surface area contributed by atoms with E-state index in [1.54, 1.807) is 0 Å². The molecule has 2 nitrogen and oxygen atoms in total. The van der Waals surface area contributed by atoms with Crippen molar-refractivity contribution in [2.75, 3.05) is 18.1 Å². The van der Waals surface area contributed by atoms with E-state index >= 15 is 0 Å². The minimum absolute atomic E-state index is 0.691. The molecule has 2 rings (SSSR count). The number of ether oxygens (including phenoxy) is 1. The third kappa shape index (κ3) is 2.25. The molecule has 0 fully saturated rings. The maximum Gasteiger partial charge on any atom is 0.119 e. The van der Waals surface area contributed by atoms with E-state index in [1.165, 1.54) is 5.56 Å². The first kappa shape index (κ1) is 11.1. The molecule has 1 heterocycles. The minimum atomic E-state index is 0.691. The van der Waals surface area contributed by atoms with Crippen LogP contribution in [0.3, 0.4) is 0 Å². The summed E-state index contributed by atoms with van der Waals surface area (Å²) in [6.07, 6.45) is 1.93. The molecule has 1 aliphatic heterocycles. The third-order valence-corrected chi connectivity index (χ3v) is 2.88. The summed E-state index contributed by atoms with van der Waals surface area (Å²) in [6, 6.07) is 8.36. The van der Waals surface area contributed by atoms with Crippen LogP contribution in [0.25, 0.3) is 0 Å². The average Bonchev–Trinajstić information content (AvgIpc) is 2.61. The molecule has 0 aromatic heterocycles. The maximum absolute atomic E-state index is 5.48. The minimum Gasteiger partial charge on any atom is -0.496 e. The average molecular weight is 233 g/mol. The van der Waals surface area contributed by atoms with Crippen molar-refractivity contribution in [1.29, 1.82) is 0 Å². The van der Waals surface area contributed by atoms with Crippen LogP contribution in [0.2, 0.25) is 0 Å². The van der Waals surface area contributed by atoms with Gasteiger partial charge in [-0.15, -0.1) is 0 Å². The molecular weight excluding hydrogens is 218 g/mol. The predicted molar refractivity (Wildman–Crippen MR) is 70.8 cm³/mol. The van der Waals surface area contributed by atoms with Crippen molar-refractivity contribution < 1.29 is 4.74 Å².